The fraction of sp³-hybridized carbons (Fsp3) is 0.136. The number of hydrogen-bond acceptors (Lipinski definition) is 5. The minimum absolute atomic E-state index is 0.119. The van der Waals surface area contributed by atoms with Crippen LogP contribution in [0.4, 0.5) is 0 Å². The average molecular weight is 440 g/mol. The molecule has 152 valence electrons. The summed E-state index contributed by atoms with van der Waals surface area (Å²) in [6.07, 6.45) is 1.56. The van der Waals surface area contributed by atoms with Crippen LogP contribution in [0, 0.1) is 0 Å². The smallest absolute Gasteiger partial charge is 0.262 e. The molecule has 0 radical (unpaired) electrons. The molecule has 30 heavy (non-hydrogen) atoms. The van der Waals surface area contributed by atoms with Crippen LogP contribution in [-0.4, -0.2) is 21.2 Å². The van der Waals surface area contributed by atoms with Crippen LogP contribution in [0.3, 0.4) is 0 Å². The van der Waals surface area contributed by atoms with E-state index in [1.807, 2.05) is 24.3 Å². The number of rotatable bonds is 7. The highest BCUT2D eigenvalue weighted by atomic mass is 35.5. The molecule has 0 atom stereocenters. The van der Waals surface area contributed by atoms with Gasteiger partial charge in [-0.3, -0.25) is 14.2 Å². The molecule has 0 saturated carbocycles. The third-order valence-electron chi connectivity index (χ3n) is 4.49. The number of halogens is 1. The summed E-state index contributed by atoms with van der Waals surface area (Å²) in [5.74, 6) is 0.615. The molecule has 4 rings (SSSR count). The average Bonchev–Trinajstić information content (AvgIpc) is 3.28. The fourth-order valence-corrected chi connectivity index (χ4v) is 4.00. The second kappa shape index (κ2) is 9.19. The van der Waals surface area contributed by atoms with Gasteiger partial charge in [-0.2, -0.15) is 0 Å². The highest BCUT2D eigenvalue weighted by Gasteiger charge is 2.14. The molecule has 4 aromatic rings. The lowest BCUT2D eigenvalue weighted by Crippen LogP contribution is -2.27. The van der Waals surface area contributed by atoms with Crippen molar-refractivity contribution in [2.24, 2.45) is 0 Å². The van der Waals surface area contributed by atoms with Crippen molar-refractivity contribution in [1.82, 2.24) is 14.9 Å². The molecule has 1 amide bonds. The Morgan fingerprint density at radius 3 is 2.70 bits per heavy atom. The Morgan fingerprint density at radius 1 is 1.10 bits per heavy atom. The van der Waals surface area contributed by atoms with E-state index < -0.39 is 0 Å². The second-order valence-corrected chi connectivity index (χ2v) is 7.89. The van der Waals surface area contributed by atoms with E-state index in [-0.39, 0.29) is 23.8 Å². The number of nitrogens with zero attached hydrogens (tertiary/aromatic N) is 2. The van der Waals surface area contributed by atoms with E-state index in [2.05, 4.69) is 10.3 Å². The highest BCUT2D eigenvalue weighted by Crippen LogP contribution is 2.21. The predicted molar refractivity (Wildman–Crippen MR) is 118 cm³/mol. The van der Waals surface area contributed by atoms with Gasteiger partial charge >= 0.3 is 0 Å². The number of thioether (sulfide) groups is 1. The van der Waals surface area contributed by atoms with Crippen molar-refractivity contribution >= 4 is 40.2 Å². The number of furan rings is 1. The van der Waals surface area contributed by atoms with Crippen molar-refractivity contribution in [3.05, 3.63) is 93.6 Å². The molecule has 2 heterocycles. The van der Waals surface area contributed by atoms with Crippen molar-refractivity contribution in [2.45, 2.75) is 18.2 Å². The molecule has 0 aliphatic heterocycles. The molecule has 0 bridgehead atoms. The monoisotopic (exact) mass is 439 g/mol. The molecule has 8 heteroatoms. The Kier molecular flexibility index (Phi) is 6.21. The van der Waals surface area contributed by atoms with Gasteiger partial charge in [-0.05, 0) is 35.9 Å². The van der Waals surface area contributed by atoms with Crippen molar-refractivity contribution in [1.29, 1.82) is 0 Å². The maximum atomic E-state index is 13.1. The van der Waals surface area contributed by atoms with Crippen LogP contribution < -0.4 is 10.9 Å². The summed E-state index contributed by atoms with van der Waals surface area (Å²) in [6.45, 7) is 0.580. The number of carbonyl (C=O) groups is 1. The van der Waals surface area contributed by atoms with Gasteiger partial charge in [-0.15, -0.1) is 0 Å². The quantitative estimate of drug-likeness (QED) is 0.346. The standard InChI is InChI=1S/C22H18ClN3O3S/c23-18-9-3-1-6-15(18)13-26-21(28)17-8-2-4-10-19(17)25-22(26)30-14-20(27)24-12-16-7-5-11-29-16/h1-11H,12-14H2,(H,24,27). The molecule has 0 unspecified atom stereocenters. The zero-order valence-electron chi connectivity index (χ0n) is 15.9. The second-order valence-electron chi connectivity index (χ2n) is 6.54. The van der Waals surface area contributed by atoms with Gasteiger partial charge in [0.1, 0.15) is 5.76 Å². The van der Waals surface area contributed by atoms with Crippen LogP contribution in [0.1, 0.15) is 11.3 Å². The van der Waals surface area contributed by atoms with E-state index in [1.54, 1.807) is 47.2 Å². The first-order chi connectivity index (χ1) is 14.6. The number of nitrogens with one attached hydrogen (secondary N) is 1. The molecule has 0 aliphatic rings. The first-order valence-electron chi connectivity index (χ1n) is 9.26. The first kappa shape index (κ1) is 20.3. The molecule has 1 N–H and O–H groups in total. The maximum Gasteiger partial charge on any atom is 0.262 e. The fourth-order valence-electron chi connectivity index (χ4n) is 2.97. The zero-order chi connectivity index (χ0) is 20.9. The van der Waals surface area contributed by atoms with Crippen LogP contribution in [-0.2, 0) is 17.9 Å². The molecule has 0 spiro atoms. The van der Waals surface area contributed by atoms with Gasteiger partial charge in [0.2, 0.25) is 5.91 Å². The number of fused-ring (bicyclic) bond motifs is 1. The van der Waals surface area contributed by atoms with Crippen LogP contribution in [0.5, 0.6) is 0 Å². The first-order valence-corrected chi connectivity index (χ1v) is 10.6. The van der Waals surface area contributed by atoms with Crippen molar-refractivity contribution in [3.8, 4) is 0 Å². The zero-order valence-corrected chi connectivity index (χ0v) is 17.4. The summed E-state index contributed by atoms with van der Waals surface area (Å²) >= 11 is 7.51. The minimum Gasteiger partial charge on any atom is -0.467 e. The number of carbonyl (C=O) groups excluding carboxylic acids is 1. The van der Waals surface area contributed by atoms with E-state index in [0.717, 1.165) is 5.56 Å². The Balaban J connectivity index is 1.59. The summed E-state index contributed by atoms with van der Waals surface area (Å²) in [5.41, 5.74) is 1.23. The number of para-hydroxylation sites is 1. The predicted octanol–water partition coefficient (Wildman–Crippen LogP) is 4.10. The maximum absolute atomic E-state index is 13.1. The number of amides is 1. The summed E-state index contributed by atoms with van der Waals surface area (Å²) < 4.78 is 6.78. The summed E-state index contributed by atoms with van der Waals surface area (Å²) in [6, 6.07) is 18.1. The lowest BCUT2D eigenvalue weighted by Gasteiger charge is -2.14. The minimum atomic E-state index is -0.178. The van der Waals surface area contributed by atoms with Crippen LogP contribution >= 0.6 is 23.4 Å². The molecule has 0 aliphatic carbocycles. The molecule has 0 fully saturated rings. The summed E-state index contributed by atoms with van der Waals surface area (Å²) in [4.78, 5) is 30.0. The third kappa shape index (κ3) is 4.58. The SMILES string of the molecule is O=C(CSc1nc2ccccc2c(=O)n1Cc1ccccc1Cl)NCc1ccco1. The molecule has 2 aromatic carbocycles. The van der Waals surface area contributed by atoms with Gasteiger partial charge in [0.15, 0.2) is 5.16 Å². The molecular formula is C22H18ClN3O3S. The van der Waals surface area contributed by atoms with Gasteiger partial charge in [0, 0.05) is 5.02 Å². The lowest BCUT2D eigenvalue weighted by molar-refractivity contribution is -0.118. The van der Waals surface area contributed by atoms with Crippen LogP contribution in [0.25, 0.3) is 10.9 Å². The van der Waals surface area contributed by atoms with Gasteiger partial charge in [-0.25, -0.2) is 4.98 Å². The van der Waals surface area contributed by atoms with Gasteiger partial charge in [0.05, 0.1) is 36.0 Å². The van der Waals surface area contributed by atoms with Crippen LogP contribution in [0.15, 0.2) is 81.3 Å². The highest BCUT2D eigenvalue weighted by molar-refractivity contribution is 7.99. The number of aromatic nitrogens is 2. The Labute approximate surface area is 181 Å². The molecule has 0 saturated heterocycles. The number of hydrogen-bond donors (Lipinski definition) is 1. The van der Waals surface area contributed by atoms with Crippen molar-refractivity contribution < 1.29 is 9.21 Å². The third-order valence-corrected chi connectivity index (χ3v) is 5.83. The van der Waals surface area contributed by atoms with Gasteiger partial charge < -0.3 is 9.73 Å². The van der Waals surface area contributed by atoms with Gasteiger partial charge in [0.25, 0.3) is 5.56 Å². The van der Waals surface area contributed by atoms with E-state index in [1.165, 1.54) is 11.8 Å². The molecular weight excluding hydrogens is 422 g/mol. The molecule has 2 aromatic heterocycles. The Morgan fingerprint density at radius 2 is 1.90 bits per heavy atom. The van der Waals surface area contributed by atoms with E-state index in [9.17, 15) is 9.59 Å². The lowest BCUT2D eigenvalue weighted by atomic mass is 10.2. The Hall–Kier alpha value is -3.03. The van der Waals surface area contributed by atoms with Crippen LogP contribution in [0.2, 0.25) is 5.02 Å². The summed E-state index contributed by atoms with van der Waals surface area (Å²) in [5, 5.41) is 4.36. The largest absolute Gasteiger partial charge is 0.467 e. The van der Waals surface area contributed by atoms with E-state index in [0.29, 0.717) is 33.4 Å². The van der Waals surface area contributed by atoms with Crippen molar-refractivity contribution in [3.63, 3.8) is 0 Å². The van der Waals surface area contributed by atoms with Crippen molar-refractivity contribution in [2.75, 3.05) is 5.75 Å². The van der Waals surface area contributed by atoms with E-state index in [4.69, 9.17) is 16.0 Å². The topological polar surface area (TPSA) is 77.1 Å². The summed E-state index contributed by atoms with van der Waals surface area (Å²) in [7, 11) is 0. The van der Waals surface area contributed by atoms with Gasteiger partial charge in [-0.1, -0.05) is 53.7 Å². The molecule has 6 nitrogen and oxygen atoms in total. The van der Waals surface area contributed by atoms with E-state index >= 15 is 0 Å². The number of benzene rings is 2. The Bertz CT molecular complexity index is 1240. The normalized spacial score (nSPS) is 11.0.